The number of benzene rings is 1. The van der Waals surface area contributed by atoms with Gasteiger partial charge in [-0.05, 0) is 18.2 Å². The zero-order valence-corrected chi connectivity index (χ0v) is 15.7. The van der Waals surface area contributed by atoms with Crippen LogP contribution in [-0.4, -0.2) is 37.9 Å². The number of hydrogen-bond acceptors (Lipinski definition) is 5. The molecular formula is C18H15BrN6O2. The molecule has 1 aromatic carbocycles. The van der Waals surface area contributed by atoms with Crippen molar-refractivity contribution in [2.45, 2.75) is 6.42 Å². The van der Waals surface area contributed by atoms with E-state index in [0.29, 0.717) is 18.2 Å². The summed E-state index contributed by atoms with van der Waals surface area (Å²) >= 11 is 3.40. The molecule has 8 nitrogen and oxygen atoms in total. The zero-order chi connectivity index (χ0) is 18.8. The lowest BCUT2D eigenvalue weighted by Crippen LogP contribution is -2.28. The number of hydrogen-bond donors (Lipinski definition) is 1. The van der Waals surface area contributed by atoms with Crippen LogP contribution in [0, 0.1) is 5.92 Å². The molecular weight excluding hydrogens is 412 g/mol. The molecule has 0 aliphatic carbocycles. The van der Waals surface area contributed by atoms with E-state index in [-0.39, 0.29) is 18.2 Å². The molecule has 1 saturated heterocycles. The number of anilines is 2. The summed E-state index contributed by atoms with van der Waals surface area (Å²) < 4.78 is 2.55. The topological polar surface area (TPSA) is 93.0 Å². The van der Waals surface area contributed by atoms with Crippen LogP contribution in [0.2, 0.25) is 0 Å². The zero-order valence-electron chi connectivity index (χ0n) is 14.1. The van der Waals surface area contributed by atoms with Gasteiger partial charge in [0.15, 0.2) is 0 Å². The largest absolute Gasteiger partial charge is 0.323 e. The van der Waals surface area contributed by atoms with Crippen LogP contribution in [0.4, 0.5) is 11.4 Å². The fourth-order valence-corrected chi connectivity index (χ4v) is 3.30. The molecule has 3 heterocycles. The van der Waals surface area contributed by atoms with Gasteiger partial charge in [-0.15, -0.1) is 0 Å². The van der Waals surface area contributed by atoms with Crippen LogP contribution in [0.25, 0.3) is 5.95 Å². The van der Waals surface area contributed by atoms with Crippen LogP contribution in [0.1, 0.15) is 6.42 Å². The highest BCUT2D eigenvalue weighted by atomic mass is 79.9. The summed E-state index contributed by atoms with van der Waals surface area (Å²) in [5, 5.41) is 2.78. The van der Waals surface area contributed by atoms with Gasteiger partial charge in [-0.25, -0.2) is 15.0 Å². The smallest absolute Gasteiger partial charge is 0.234 e. The molecule has 1 atom stereocenters. The number of amides is 2. The number of imidazole rings is 1. The quantitative estimate of drug-likeness (QED) is 0.691. The van der Waals surface area contributed by atoms with Crippen LogP contribution in [0.15, 0.2) is 59.9 Å². The molecule has 0 radical (unpaired) electrons. The van der Waals surface area contributed by atoms with Gasteiger partial charge in [-0.3, -0.25) is 14.2 Å². The molecule has 4 rings (SSSR count). The van der Waals surface area contributed by atoms with Gasteiger partial charge >= 0.3 is 0 Å². The van der Waals surface area contributed by atoms with Crippen molar-refractivity contribution >= 4 is 39.1 Å². The minimum Gasteiger partial charge on any atom is -0.323 e. The second-order valence-electron chi connectivity index (χ2n) is 6.12. The summed E-state index contributed by atoms with van der Waals surface area (Å²) in [6.45, 7) is 0.342. The SMILES string of the molecule is O=C(Nc1cnc(-n2ccnc2)nc1)C1CC(=O)N(c2cccc(Br)c2)C1. The van der Waals surface area contributed by atoms with Crippen LogP contribution < -0.4 is 10.2 Å². The third kappa shape index (κ3) is 3.72. The van der Waals surface area contributed by atoms with E-state index in [2.05, 4.69) is 36.2 Å². The second kappa shape index (κ2) is 7.28. The summed E-state index contributed by atoms with van der Waals surface area (Å²) in [4.78, 5) is 38.9. The van der Waals surface area contributed by atoms with E-state index >= 15 is 0 Å². The van der Waals surface area contributed by atoms with Gasteiger partial charge in [-0.2, -0.15) is 0 Å². The van der Waals surface area contributed by atoms with Crippen molar-refractivity contribution in [2.24, 2.45) is 5.92 Å². The molecule has 1 aliphatic heterocycles. The lowest BCUT2D eigenvalue weighted by Gasteiger charge is -2.17. The van der Waals surface area contributed by atoms with Crippen molar-refractivity contribution in [3.8, 4) is 5.95 Å². The first-order valence-electron chi connectivity index (χ1n) is 8.27. The third-order valence-corrected chi connectivity index (χ3v) is 4.75. The Morgan fingerprint density at radius 3 is 2.78 bits per heavy atom. The van der Waals surface area contributed by atoms with Crippen LogP contribution in [0.3, 0.4) is 0 Å². The van der Waals surface area contributed by atoms with Crippen molar-refractivity contribution in [3.63, 3.8) is 0 Å². The lowest BCUT2D eigenvalue weighted by molar-refractivity contribution is -0.122. The monoisotopic (exact) mass is 426 g/mol. The Morgan fingerprint density at radius 1 is 1.26 bits per heavy atom. The van der Waals surface area contributed by atoms with Crippen molar-refractivity contribution in [2.75, 3.05) is 16.8 Å². The molecule has 9 heteroatoms. The Morgan fingerprint density at radius 2 is 2.07 bits per heavy atom. The van der Waals surface area contributed by atoms with E-state index in [0.717, 1.165) is 10.2 Å². The summed E-state index contributed by atoms with van der Waals surface area (Å²) in [6, 6.07) is 7.47. The number of rotatable bonds is 4. The highest BCUT2D eigenvalue weighted by Gasteiger charge is 2.35. The summed E-state index contributed by atoms with van der Waals surface area (Å²) in [7, 11) is 0. The van der Waals surface area contributed by atoms with E-state index in [1.165, 1.54) is 12.4 Å². The summed E-state index contributed by atoms with van der Waals surface area (Å²) in [5.41, 5.74) is 1.26. The Labute approximate surface area is 163 Å². The van der Waals surface area contributed by atoms with E-state index in [9.17, 15) is 9.59 Å². The number of halogens is 1. The first-order chi connectivity index (χ1) is 13.1. The van der Waals surface area contributed by atoms with Gasteiger partial charge in [0, 0.05) is 35.5 Å². The van der Waals surface area contributed by atoms with Gasteiger partial charge in [-0.1, -0.05) is 22.0 Å². The fraction of sp³-hybridized carbons (Fsp3) is 0.167. The summed E-state index contributed by atoms with van der Waals surface area (Å²) in [5.74, 6) is -0.257. The van der Waals surface area contributed by atoms with E-state index in [1.807, 2.05) is 24.3 Å². The fourth-order valence-electron chi connectivity index (χ4n) is 2.92. The Kier molecular flexibility index (Phi) is 4.68. The van der Waals surface area contributed by atoms with Gasteiger partial charge in [0.2, 0.25) is 17.8 Å². The average Bonchev–Trinajstić information content (AvgIpc) is 3.32. The molecule has 1 aliphatic rings. The maximum absolute atomic E-state index is 12.5. The minimum atomic E-state index is -0.426. The molecule has 1 N–H and O–H groups in total. The van der Waals surface area contributed by atoms with Gasteiger partial charge in [0.05, 0.1) is 24.0 Å². The first-order valence-corrected chi connectivity index (χ1v) is 9.06. The van der Waals surface area contributed by atoms with Crippen LogP contribution >= 0.6 is 15.9 Å². The molecule has 0 saturated carbocycles. The third-order valence-electron chi connectivity index (χ3n) is 4.26. The molecule has 1 fully saturated rings. The first kappa shape index (κ1) is 17.3. The number of nitrogens with one attached hydrogen (secondary N) is 1. The van der Waals surface area contributed by atoms with Gasteiger partial charge in [0.1, 0.15) is 6.33 Å². The number of carbonyl (C=O) groups is 2. The molecule has 27 heavy (non-hydrogen) atoms. The molecule has 0 spiro atoms. The molecule has 2 amide bonds. The van der Waals surface area contributed by atoms with Crippen molar-refractivity contribution in [3.05, 3.63) is 59.9 Å². The average molecular weight is 427 g/mol. The van der Waals surface area contributed by atoms with E-state index in [4.69, 9.17) is 0 Å². The predicted molar refractivity (Wildman–Crippen MR) is 102 cm³/mol. The standard InChI is InChI=1S/C18H15BrN6O2/c19-13-2-1-3-15(7-13)25-10-12(6-16(25)26)17(27)23-14-8-21-18(22-9-14)24-5-4-20-11-24/h1-5,7-9,11-12H,6,10H2,(H,23,27). The van der Waals surface area contributed by atoms with E-state index in [1.54, 1.807) is 28.2 Å². The molecule has 0 bridgehead atoms. The number of nitrogens with zero attached hydrogens (tertiary/aromatic N) is 5. The maximum atomic E-state index is 12.5. The summed E-state index contributed by atoms with van der Waals surface area (Å²) in [6.07, 6.45) is 8.19. The molecule has 2 aromatic heterocycles. The van der Waals surface area contributed by atoms with Gasteiger partial charge in [0.25, 0.3) is 0 Å². The number of aromatic nitrogens is 4. The van der Waals surface area contributed by atoms with Gasteiger partial charge < -0.3 is 10.2 Å². The Hall–Kier alpha value is -3.07. The normalized spacial score (nSPS) is 16.6. The second-order valence-corrected chi connectivity index (χ2v) is 7.03. The van der Waals surface area contributed by atoms with Crippen LogP contribution in [-0.2, 0) is 9.59 Å². The predicted octanol–water partition coefficient (Wildman–Crippen LogP) is 2.42. The van der Waals surface area contributed by atoms with Crippen molar-refractivity contribution < 1.29 is 9.59 Å². The highest BCUT2D eigenvalue weighted by molar-refractivity contribution is 9.10. The minimum absolute atomic E-state index is 0.0695. The van der Waals surface area contributed by atoms with Crippen molar-refractivity contribution in [1.29, 1.82) is 0 Å². The Bertz CT molecular complexity index is 974. The maximum Gasteiger partial charge on any atom is 0.234 e. The number of carbonyl (C=O) groups excluding carboxylic acids is 2. The Balaban J connectivity index is 1.42. The molecule has 1 unspecified atom stereocenters. The lowest BCUT2D eigenvalue weighted by atomic mass is 10.1. The molecule has 136 valence electrons. The van der Waals surface area contributed by atoms with E-state index < -0.39 is 5.92 Å². The van der Waals surface area contributed by atoms with Crippen molar-refractivity contribution in [1.82, 2.24) is 19.5 Å². The molecule has 3 aromatic rings. The van der Waals surface area contributed by atoms with Crippen LogP contribution in [0.5, 0.6) is 0 Å². The highest BCUT2D eigenvalue weighted by Crippen LogP contribution is 2.27.